The van der Waals surface area contributed by atoms with Crippen LogP contribution >= 0.6 is 0 Å². The van der Waals surface area contributed by atoms with Crippen molar-refractivity contribution >= 4 is 39.7 Å². The summed E-state index contributed by atoms with van der Waals surface area (Å²) in [5.74, 6) is 0. The van der Waals surface area contributed by atoms with E-state index in [4.69, 9.17) is 0 Å². The van der Waals surface area contributed by atoms with Crippen molar-refractivity contribution in [1.29, 1.82) is 0 Å². The van der Waals surface area contributed by atoms with Crippen LogP contribution in [0.15, 0.2) is 273 Å². The van der Waals surface area contributed by atoms with Crippen molar-refractivity contribution in [3.05, 3.63) is 278 Å². The van der Waals surface area contributed by atoms with E-state index >= 15 is 0 Å². The maximum Gasteiger partial charge on any atom is 0.0462 e. The zero-order chi connectivity index (χ0) is 42.2. The van der Waals surface area contributed by atoms with E-state index in [0.717, 1.165) is 45.3 Å². The standard InChI is InChI=1S/C61H44N2/c1-2-7-15-46(14-6-1)49-22-24-50(25-23-49)53-30-40-57(41-31-53)62(56-20-12-5-13-21-56)58-42-32-54(33-43-58)55-34-44-61(45-35-55)63(59-36-26-51(27-37-59)47-16-8-3-9-17-47)60-38-28-52(29-39-60)48-18-10-4-11-19-48/h1,3-45H. The molecule has 0 amide bonds. The molecule has 10 rings (SSSR count). The first-order valence-corrected chi connectivity index (χ1v) is 21.4. The topological polar surface area (TPSA) is 6.48 Å². The molecule has 0 N–H and O–H groups in total. The Morgan fingerprint density at radius 3 is 0.857 bits per heavy atom. The molecule has 0 unspecified atom stereocenters. The van der Waals surface area contributed by atoms with E-state index < -0.39 is 0 Å². The lowest BCUT2D eigenvalue weighted by Gasteiger charge is -2.26. The van der Waals surface area contributed by atoms with Crippen molar-refractivity contribution in [3.63, 3.8) is 0 Å². The second kappa shape index (κ2) is 18.1. The first kappa shape index (κ1) is 38.8. The third-order valence-electron chi connectivity index (χ3n) is 11.6. The molecule has 0 spiro atoms. The molecule has 9 aromatic rings. The van der Waals surface area contributed by atoms with Gasteiger partial charge in [0.05, 0.1) is 0 Å². The Balaban J connectivity index is 0.917. The molecule has 1 aliphatic carbocycles. The first-order valence-electron chi connectivity index (χ1n) is 21.4. The minimum Gasteiger partial charge on any atom is -0.311 e. The highest BCUT2D eigenvalue weighted by atomic mass is 15.1. The average molecular weight is 805 g/mol. The van der Waals surface area contributed by atoms with Crippen LogP contribution < -0.4 is 9.80 Å². The zero-order valence-corrected chi connectivity index (χ0v) is 34.8. The van der Waals surface area contributed by atoms with Gasteiger partial charge < -0.3 is 9.80 Å². The summed E-state index contributed by atoms with van der Waals surface area (Å²) in [6.45, 7) is 0. The smallest absolute Gasteiger partial charge is 0.0462 e. The predicted molar refractivity (Wildman–Crippen MR) is 267 cm³/mol. The van der Waals surface area contributed by atoms with Crippen molar-refractivity contribution in [3.8, 4) is 44.5 Å². The van der Waals surface area contributed by atoms with Crippen molar-refractivity contribution in [2.24, 2.45) is 0 Å². The van der Waals surface area contributed by atoms with Gasteiger partial charge in [-0.05, 0) is 147 Å². The number of rotatable bonds is 11. The SMILES string of the molecule is C1=CC=CC(c2ccc(-c3ccc(N(c4ccccc4)c4ccc(-c5ccc(N(c6ccc(-c7ccccc7)cc6)c6ccc(-c7ccccc7)cc6)cc5)cc4)cc3)cc2)=CC=1. The fourth-order valence-electron chi connectivity index (χ4n) is 8.25. The summed E-state index contributed by atoms with van der Waals surface area (Å²) < 4.78 is 0. The lowest BCUT2D eigenvalue weighted by molar-refractivity contribution is 1.28. The van der Waals surface area contributed by atoms with E-state index in [1.165, 1.54) is 44.5 Å². The molecule has 63 heavy (non-hydrogen) atoms. The van der Waals surface area contributed by atoms with Crippen molar-refractivity contribution < 1.29 is 0 Å². The summed E-state index contributed by atoms with van der Waals surface area (Å²) in [5.41, 5.74) is 21.6. The van der Waals surface area contributed by atoms with Gasteiger partial charge in [-0.1, -0.05) is 176 Å². The minimum atomic E-state index is 1.09. The molecule has 0 atom stereocenters. The van der Waals surface area contributed by atoms with Crippen LogP contribution in [0.5, 0.6) is 0 Å². The number of allylic oxidation sites excluding steroid dienone is 5. The maximum atomic E-state index is 3.14. The molecule has 0 saturated heterocycles. The van der Waals surface area contributed by atoms with Crippen LogP contribution in [-0.4, -0.2) is 0 Å². The van der Waals surface area contributed by atoms with E-state index in [1.807, 2.05) is 18.2 Å². The number of nitrogens with zero attached hydrogens (tertiary/aromatic N) is 2. The van der Waals surface area contributed by atoms with Crippen molar-refractivity contribution in [1.82, 2.24) is 0 Å². The quantitative estimate of drug-likeness (QED) is 0.120. The fourth-order valence-corrected chi connectivity index (χ4v) is 8.25. The van der Waals surface area contributed by atoms with Crippen molar-refractivity contribution in [2.75, 3.05) is 9.80 Å². The van der Waals surface area contributed by atoms with Gasteiger partial charge in [-0.15, -0.1) is 5.73 Å². The molecule has 0 aromatic heterocycles. The number of hydrogen-bond acceptors (Lipinski definition) is 2. The van der Waals surface area contributed by atoms with Crippen LogP contribution in [0.2, 0.25) is 0 Å². The largest absolute Gasteiger partial charge is 0.311 e. The third kappa shape index (κ3) is 8.62. The number of hydrogen-bond donors (Lipinski definition) is 0. The van der Waals surface area contributed by atoms with E-state index in [9.17, 15) is 0 Å². The van der Waals surface area contributed by atoms with Gasteiger partial charge in [0.15, 0.2) is 0 Å². The molecule has 1 aliphatic rings. The van der Waals surface area contributed by atoms with Crippen molar-refractivity contribution in [2.45, 2.75) is 0 Å². The molecule has 2 nitrogen and oxygen atoms in total. The van der Waals surface area contributed by atoms with E-state index in [-0.39, 0.29) is 0 Å². The second-order valence-corrected chi connectivity index (χ2v) is 15.5. The molecule has 0 heterocycles. The molecule has 2 heteroatoms. The van der Waals surface area contributed by atoms with E-state index in [2.05, 4.69) is 264 Å². The van der Waals surface area contributed by atoms with Gasteiger partial charge in [0.25, 0.3) is 0 Å². The van der Waals surface area contributed by atoms with Gasteiger partial charge in [0, 0.05) is 34.1 Å². The molecule has 298 valence electrons. The monoisotopic (exact) mass is 804 g/mol. The maximum absolute atomic E-state index is 3.14. The number of anilines is 6. The Labute approximate surface area is 370 Å². The molecule has 0 bridgehead atoms. The second-order valence-electron chi connectivity index (χ2n) is 15.5. The van der Waals surface area contributed by atoms with Crippen LogP contribution in [0.25, 0.3) is 50.1 Å². The highest BCUT2D eigenvalue weighted by Gasteiger charge is 2.16. The summed E-state index contributed by atoms with van der Waals surface area (Å²) in [6, 6.07) is 84.8. The molecule has 0 radical (unpaired) electrons. The Kier molecular flexibility index (Phi) is 11.1. The van der Waals surface area contributed by atoms with Gasteiger partial charge in [0.2, 0.25) is 0 Å². The lowest BCUT2D eigenvalue weighted by Crippen LogP contribution is -2.10. The van der Waals surface area contributed by atoms with Gasteiger partial charge in [-0.2, -0.15) is 0 Å². The fraction of sp³-hybridized carbons (Fsp3) is 0. The van der Waals surface area contributed by atoms with Crippen LogP contribution in [-0.2, 0) is 0 Å². The number of para-hydroxylation sites is 1. The molecule has 0 fully saturated rings. The predicted octanol–water partition coefficient (Wildman–Crippen LogP) is 17.0. The molecule has 9 aromatic carbocycles. The lowest BCUT2D eigenvalue weighted by atomic mass is 9.99. The zero-order valence-electron chi connectivity index (χ0n) is 34.8. The van der Waals surface area contributed by atoms with Gasteiger partial charge in [-0.25, -0.2) is 0 Å². The average Bonchev–Trinajstić information content (AvgIpc) is 3.66. The molecule has 0 saturated carbocycles. The Hall–Kier alpha value is -8.42. The third-order valence-corrected chi connectivity index (χ3v) is 11.6. The van der Waals surface area contributed by atoms with Crippen LogP contribution in [0.1, 0.15) is 5.56 Å². The van der Waals surface area contributed by atoms with Crippen LogP contribution in [0.3, 0.4) is 0 Å². The molecular formula is C61H44N2. The van der Waals surface area contributed by atoms with E-state index in [1.54, 1.807) is 0 Å². The minimum absolute atomic E-state index is 1.09. The molecule has 0 aliphatic heterocycles. The Morgan fingerprint density at radius 1 is 0.238 bits per heavy atom. The van der Waals surface area contributed by atoms with Gasteiger partial charge in [-0.3, -0.25) is 0 Å². The highest BCUT2D eigenvalue weighted by molar-refractivity contribution is 5.83. The van der Waals surface area contributed by atoms with Gasteiger partial charge >= 0.3 is 0 Å². The highest BCUT2D eigenvalue weighted by Crippen LogP contribution is 2.40. The Bertz CT molecular complexity index is 2970. The summed E-state index contributed by atoms with van der Waals surface area (Å²) in [5, 5.41) is 0. The van der Waals surface area contributed by atoms with Crippen LogP contribution in [0, 0.1) is 0 Å². The summed E-state index contributed by atoms with van der Waals surface area (Å²) >= 11 is 0. The van der Waals surface area contributed by atoms with Gasteiger partial charge in [0.1, 0.15) is 0 Å². The normalized spacial score (nSPS) is 11.8. The summed E-state index contributed by atoms with van der Waals surface area (Å²) in [4.78, 5) is 4.65. The number of benzene rings is 9. The summed E-state index contributed by atoms with van der Waals surface area (Å²) in [6.07, 6.45) is 10.1. The molecular weight excluding hydrogens is 761 g/mol. The Morgan fingerprint density at radius 2 is 0.508 bits per heavy atom. The van der Waals surface area contributed by atoms with Crippen LogP contribution in [0.4, 0.5) is 34.1 Å². The van der Waals surface area contributed by atoms with E-state index in [0.29, 0.717) is 0 Å². The first-order chi connectivity index (χ1) is 31.2. The summed E-state index contributed by atoms with van der Waals surface area (Å²) in [7, 11) is 0.